The van der Waals surface area contributed by atoms with Crippen LogP contribution < -0.4 is 25.7 Å². The quantitative estimate of drug-likeness (QED) is 0.612. The maximum Gasteiger partial charge on any atom is 0.164 e. The van der Waals surface area contributed by atoms with Crippen LogP contribution in [-0.4, -0.2) is 20.8 Å². The molecule has 0 saturated carbocycles. The molecule has 0 radical (unpaired) electrons. The summed E-state index contributed by atoms with van der Waals surface area (Å²) >= 11 is 0. The summed E-state index contributed by atoms with van der Waals surface area (Å²) in [6.07, 6.45) is 2.78. The second kappa shape index (κ2) is 11.6. The molecule has 0 fully saturated rings. The predicted octanol–water partition coefficient (Wildman–Crippen LogP) is 3.83. The number of benzene rings is 2. The number of unbranched alkanes of at least 4 members (excludes halogenated alkanes) is 1. The lowest BCUT2D eigenvalue weighted by molar-refractivity contribution is 0.294. The molecule has 2 aromatic rings. The topological polar surface area (TPSA) is 79.7 Å². The van der Waals surface area contributed by atoms with Crippen LogP contribution in [0.25, 0.3) is 0 Å². The molecular formula is C20H29ClN2O3. The number of hydrogen-bond acceptors (Lipinski definition) is 5. The Morgan fingerprint density at radius 2 is 1.58 bits per heavy atom. The van der Waals surface area contributed by atoms with Gasteiger partial charge in [0, 0.05) is 17.7 Å². The van der Waals surface area contributed by atoms with Crippen molar-refractivity contribution in [2.24, 2.45) is 11.5 Å². The first kappa shape index (κ1) is 22.1. The summed E-state index contributed by atoms with van der Waals surface area (Å²) < 4.78 is 16.9. The maximum absolute atomic E-state index is 6.40. The molecule has 0 aliphatic heterocycles. The van der Waals surface area contributed by atoms with Crippen molar-refractivity contribution >= 4 is 12.4 Å². The third-order valence-corrected chi connectivity index (χ3v) is 4.12. The lowest BCUT2D eigenvalue weighted by atomic mass is 10.00. The van der Waals surface area contributed by atoms with E-state index in [4.69, 9.17) is 25.7 Å². The molecule has 4 N–H and O–H groups in total. The number of methoxy groups -OCH3 is 2. The number of halogens is 1. The Morgan fingerprint density at radius 1 is 0.923 bits per heavy atom. The molecule has 0 saturated heterocycles. The van der Waals surface area contributed by atoms with Gasteiger partial charge in [0.05, 0.1) is 14.2 Å². The van der Waals surface area contributed by atoms with Gasteiger partial charge in [0.15, 0.2) is 11.5 Å². The van der Waals surface area contributed by atoms with Gasteiger partial charge < -0.3 is 25.7 Å². The minimum absolute atomic E-state index is 0. The summed E-state index contributed by atoms with van der Waals surface area (Å²) in [5.74, 6) is 2.00. The fourth-order valence-corrected chi connectivity index (χ4v) is 2.69. The van der Waals surface area contributed by atoms with Gasteiger partial charge in [-0.15, -0.1) is 12.4 Å². The van der Waals surface area contributed by atoms with Crippen LogP contribution in [0.3, 0.4) is 0 Å². The van der Waals surface area contributed by atoms with Crippen molar-refractivity contribution < 1.29 is 14.2 Å². The van der Waals surface area contributed by atoms with Crippen molar-refractivity contribution in [2.45, 2.75) is 31.9 Å². The fourth-order valence-electron chi connectivity index (χ4n) is 2.69. The normalized spacial score (nSPS) is 11.4. The van der Waals surface area contributed by atoms with Gasteiger partial charge in [0.25, 0.3) is 0 Å². The molecule has 5 nitrogen and oxygen atoms in total. The summed E-state index contributed by atoms with van der Waals surface area (Å²) in [6, 6.07) is 13.6. The van der Waals surface area contributed by atoms with Crippen molar-refractivity contribution in [1.82, 2.24) is 0 Å². The van der Waals surface area contributed by atoms with Crippen LogP contribution in [0.15, 0.2) is 42.5 Å². The molecule has 0 spiro atoms. The summed E-state index contributed by atoms with van der Waals surface area (Å²) in [6.45, 7) is 1.15. The minimum Gasteiger partial charge on any atom is -0.493 e. The van der Waals surface area contributed by atoms with Crippen molar-refractivity contribution in [3.8, 4) is 17.2 Å². The van der Waals surface area contributed by atoms with Crippen LogP contribution in [0, 0.1) is 0 Å². The van der Waals surface area contributed by atoms with E-state index in [0.29, 0.717) is 24.7 Å². The van der Waals surface area contributed by atoms with Crippen molar-refractivity contribution in [1.29, 1.82) is 0 Å². The molecule has 0 heterocycles. The molecule has 0 aliphatic carbocycles. The monoisotopic (exact) mass is 380 g/mol. The van der Waals surface area contributed by atoms with Crippen molar-refractivity contribution in [3.63, 3.8) is 0 Å². The summed E-state index contributed by atoms with van der Waals surface area (Å²) in [5.41, 5.74) is 14.0. The van der Waals surface area contributed by atoms with Gasteiger partial charge in [-0.3, -0.25) is 0 Å². The first-order valence-corrected chi connectivity index (χ1v) is 8.57. The second-order valence-electron chi connectivity index (χ2n) is 5.91. The highest BCUT2D eigenvalue weighted by molar-refractivity contribution is 5.85. The standard InChI is InChI=1S/C20H28N2O3.ClH/c1-23-19-12-16(17(22)10-6-7-11-21)18(13-20(19)24-2)25-14-15-8-4-3-5-9-15;/h3-5,8-9,12-13,17H,6-7,10-11,14,21-22H2,1-2H3;1H/t17-;/m0./s1. The first-order valence-electron chi connectivity index (χ1n) is 8.57. The van der Waals surface area contributed by atoms with Crippen LogP contribution in [0.4, 0.5) is 0 Å². The molecule has 0 aromatic heterocycles. The van der Waals surface area contributed by atoms with Gasteiger partial charge in [-0.25, -0.2) is 0 Å². The van der Waals surface area contributed by atoms with Gasteiger partial charge in [0.1, 0.15) is 12.4 Å². The maximum atomic E-state index is 6.40. The molecule has 6 heteroatoms. The predicted molar refractivity (Wildman–Crippen MR) is 107 cm³/mol. The Morgan fingerprint density at radius 3 is 2.19 bits per heavy atom. The summed E-state index contributed by atoms with van der Waals surface area (Å²) in [4.78, 5) is 0. The lowest BCUT2D eigenvalue weighted by Crippen LogP contribution is -2.13. The number of rotatable bonds is 10. The molecule has 144 valence electrons. The number of ether oxygens (including phenoxy) is 3. The Balaban J connectivity index is 0.00000338. The molecule has 26 heavy (non-hydrogen) atoms. The largest absolute Gasteiger partial charge is 0.493 e. The van der Waals surface area contributed by atoms with E-state index in [1.165, 1.54) is 0 Å². The molecule has 0 unspecified atom stereocenters. The number of hydrogen-bond donors (Lipinski definition) is 2. The second-order valence-corrected chi connectivity index (χ2v) is 5.91. The Kier molecular flexibility index (Phi) is 9.88. The van der Waals surface area contributed by atoms with E-state index in [0.717, 1.165) is 36.1 Å². The highest BCUT2D eigenvalue weighted by Gasteiger charge is 2.17. The van der Waals surface area contributed by atoms with E-state index in [1.54, 1.807) is 14.2 Å². The third kappa shape index (κ3) is 6.09. The molecule has 2 rings (SSSR count). The Hall–Kier alpha value is -1.95. The molecule has 0 amide bonds. The van der Waals surface area contributed by atoms with E-state index in [-0.39, 0.29) is 18.4 Å². The SMILES string of the molecule is COc1cc(OCc2ccccc2)c([C@@H](N)CCCCN)cc1OC.Cl. The average molecular weight is 381 g/mol. The lowest BCUT2D eigenvalue weighted by Gasteiger charge is -2.20. The molecule has 2 aromatic carbocycles. The molecule has 0 aliphatic rings. The molecular weight excluding hydrogens is 352 g/mol. The van der Waals surface area contributed by atoms with Gasteiger partial charge in [-0.05, 0) is 31.0 Å². The van der Waals surface area contributed by atoms with Crippen LogP contribution in [0.1, 0.15) is 36.4 Å². The van der Waals surface area contributed by atoms with Crippen LogP contribution in [-0.2, 0) is 6.61 Å². The average Bonchev–Trinajstić information content (AvgIpc) is 2.66. The summed E-state index contributed by atoms with van der Waals surface area (Å²) in [5, 5.41) is 0. The van der Waals surface area contributed by atoms with Gasteiger partial charge in [-0.1, -0.05) is 36.8 Å². The van der Waals surface area contributed by atoms with Crippen LogP contribution in [0.2, 0.25) is 0 Å². The third-order valence-electron chi connectivity index (χ3n) is 4.12. The first-order chi connectivity index (χ1) is 12.2. The summed E-state index contributed by atoms with van der Waals surface area (Å²) in [7, 11) is 3.23. The van der Waals surface area contributed by atoms with E-state index < -0.39 is 0 Å². The van der Waals surface area contributed by atoms with E-state index in [2.05, 4.69) is 0 Å². The Bertz CT molecular complexity index is 653. The zero-order chi connectivity index (χ0) is 18.1. The highest BCUT2D eigenvalue weighted by Crippen LogP contribution is 2.38. The zero-order valence-electron chi connectivity index (χ0n) is 15.4. The van der Waals surface area contributed by atoms with Gasteiger partial charge >= 0.3 is 0 Å². The number of nitrogens with two attached hydrogens (primary N) is 2. The fraction of sp³-hybridized carbons (Fsp3) is 0.400. The minimum atomic E-state index is -0.142. The van der Waals surface area contributed by atoms with Gasteiger partial charge in [-0.2, -0.15) is 0 Å². The van der Waals surface area contributed by atoms with Crippen LogP contribution >= 0.6 is 12.4 Å². The highest BCUT2D eigenvalue weighted by atomic mass is 35.5. The zero-order valence-corrected chi connectivity index (χ0v) is 16.3. The Labute approximate surface area is 162 Å². The van der Waals surface area contributed by atoms with Crippen molar-refractivity contribution in [3.05, 3.63) is 53.6 Å². The molecule has 1 atom stereocenters. The van der Waals surface area contributed by atoms with Gasteiger partial charge in [0.2, 0.25) is 0 Å². The van der Waals surface area contributed by atoms with Crippen LogP contribution in [0.5, 0.6) is 17.2 Å². The van der Waals surface area contributed by atoms with Crippen molar-refractivity contribution in [2.75, 3.05) is 20.8 Å². The van der Waals surface area contributed by atoms with E-state index in [9.17, 15) is 0 Å². The van der Waals surface area contributed by atoms with E-state index in [1.807, 2.05) is 42.5 Å². The molecule has 0 bridgehead atoms. The smallest absolute Gasteiger partial charge is 0.164 e. The van der Waals surface area contributed by atoms with E-state index >= 15 is 0 Å².